The van der Waals surface area contributed by atoms with Gasteiger partial charge in [0.2, 0.25) is 0 Å². The van der Waals surface area contributed by atoms with Crippen LogP contribution in [0.15, 0.2) is 35.5 Å². The number of para-hydroxylation sites is 1. The molecule has 2 aromatic rings. The molecule has 0 aliphatic heterocycles. The zero-order valence-corrected chi connectivity index (χ0v) is 17.7. The van der Waals surface area contributed by atoms with Gasteiger partial charge in [0.05, 0.1) is 0 Å². The van der Waals surface area contributed by atoms with E-state index in [-0.39, 0.29) is 24.0 Å². The smallest absolute Gasteiger partial charge is 0.191 e. The molecule has 25 heavy (non-hydrogen) atoms. The Morgan fingerprint density at radius 3 is 2.72 bits per heavy atom. The summed E-state index contributed by atoms with van der Waals surface area (Å²) in [6.45, 7) is 1.82. The van der Waals surface area contributed by atoms with Crippen LogP contribution in [0.2, 0.25) is 0 Å². The molecule has 0 radical (unpaired) electrons. The minimum atomic E-state index is 0. The van der Waals surface area contributed by atoms with E-state index >= 15 is 0 Å². The molecule has 1 aliphatic carbocycles. The topological polar surface area (TPSA) is 55.5 Å². The molecule has 1 saturated carbocycles. The van der Waals surface area contributed by atoms with Crippen LogP contribution in [0.3, 0.4) is 0 Å². The van der Waals surface area contributed by atoms with Crippen molar-refractivity contribution in [3.8, 4) is 0 Å². The number of nitrogens with one attached hydrogen (secondary N) is 3. The van der Waals surface area contributed by atoms with E-state index in [1.54, 1.807) is 0 Å². The Labute approximate surface area is 167 Å². The third-order valence-electron chi connectivity index (χ3n) is 4.89. The van der Waals surface area contributed by atoms with Crippen LogP contribution >= 0.6 is 24.0 Å². The van der Waals surface area contributed by atoms with Gasteiger partial charge in [-0.25, -0.2) is 0 Å². The molecule has 0 spiro atoms. The summed E-state index contributed by atoms with van der Waals surface area (Å²) >= 11 is 0. The first-order chi connectivity index (χ1) is 11.7. The van der Waals surface area contributed by atoms with Gasteiger partial charge in [-0.2, -0.15) is 0 Å². The average molecular weight is 455 g/mol. The number of aliphatic imine (C=N–C) groups is 1. The fraction of sp³-hybridized carbons (Fsp3) is 0.526. The van der Waals surface area contributed by atoms with Crippen LogP contribution in [0, 0.1) is 5.92 Å². The molecule has 3 N–H and O–H groups in total. The van der Waals surface area contributed by atoms with Gasteiger partial charge in [0.25, 0.3) is 0 Å². The highest BCUT2D eigenvalue weighted by molar-refractivity contribution is 14.0. The number of aromatic nitrogens is 1. The maximum absolute atomic E-state index is 4.35. The van der Waals surface area contributed by atoms with Crippen LogP contribution in [0.1, 0.15) is 18.4 Å². The number of H-pyrrole nitrogens is 1. The minimum Gasteiger partial charge on any atom is -0.361 e. The number of benzene rings is 1. The van der Waals surface area contributed by atoms with Crippen LogP contribution in [0.4, 0.5) is 0 Å². The van der Waals surface area contributed by atoms with Crippen LogP contribution in [0.25, 0.3) is 10.9 Å². The van der Waals surface area contributed by atoms with Gasteiger partial charge < -0.3 is 20.5 Å². The van der Waals surface area contributed by atoms with Crippen LogP contribution in [-0.4, -0.2) is 56.1 Å². The molecule has 1 fully saturated rings. The second kappa shape index (κ2) is 9.43. The van der Waals surface area contributed by atoms with Crippen molar-refractivity contribution in [2.75, 3.05) is 34.2 Å². The fourth-order valence-corrected chi connectivity index (χ4v) is 3.33. The Bertz CT molecular complexity index is 688. The molecule has 1 unspecified atom stereocenters. The number of hydrogen-bond acceptors (Lipinski definition) is 2. The lowest BCUT2D eigenvalue weighted by molar-refractivity contribution is 0.264. The largest absolute Gasteiger partial charge is 0.361 e. The third kappa shape index (κ3) is 5.34. The second-order valence-corrected chi connectivity index (χ2v) is 6.86. The van der Waals surface area contributed by atoms with E-state index in [1.807, 2.05) is 7.05 Å². The van der Waals surface area contributed by atoms with E-state index in [0.717, 1.165) is 31.4 Å². The number of hydrogen-bond donors (Lipinski definition) is 3. The summed E-state index contributed by atoms with van der Waals surface area (Å²) in [4.78, 5) is 10.0. The number of rotatable bonds is 7. The number of fused-ring (bicyclic) bond motifs is 1. The monoisotopic (exact) mass is 455 g/mol. The van der Waals surface area contributed by atoms with Crippen molar-refractivity contribution < 1.29 is 0 Å². The molecular formula is C19H30IN5. The lowest BCUT2D eigenvalue weighted by Gasteiger charge is -2.25. The standard InChI is InChI=1S/C19H29N5.HI/c1-20-19(23-13-18(24(2)3)14-8-9-14)21-11-10-15-12-22-17-7-5-4-6-16(15)17;/h4-7,12,14,18,22H,8-11,13H2,1-3H3,(H2,20,21,23);1H. The zero-order valence-electron chi connectivity index (χ0n) is 15.4. The van der Waals surface area contributed by atoms with E-state index in [9.17, 15) is 0 Å². The maximum Gasteiger partial charge on any atom is 0.191 e. The molecule has 5 nitrogen and oxygen atoms in total. The molecular weight excluding hydrogens is 425 g/mol. The van der Waals surface area contributed by atoms with E-state index in [1.165, 1.54) is 29.3 Å². The first-order valence-corrected chi connectivity index (χ1v) is 8.85. The SMILES string of the molecule is CN=C(NCCc1c[nH]c2ccccc12)NCC(C1CC1)N(C)C.I. The summed E-state index contributed by atoms with van der Waals surface area (Å²) in [5.41, 5.74) is 2.55. The Morgan fingerprint density at radius 2 is 2.04 bits per heavy atom. The molecule has 1 aliphatic rings. The number of guanidine groups is 1. The van der Waals surface area contributed by atoms with Crippen molar-refractivity contribution in [3.05, 3.63) is 36.0 Å². The van der Waals surface area contributed by atoms with Crippen LogP contribution in [-0.2, 0) is 6.42 Å². The Kier molecular flexibility index (Phi) is 7.56. The molecule has 1 aromatic carbocycles. The number of aromatic amines is 1. The molecule has 1 heterocycles. The lowest BCUT2D eigenvalue weighted by Crippen LogP contribution is -2.46. The van der Waals surface area contributed by atoms with Crippen LogP contribution < -0.4 is 10.6 Å². The minimum absolute atomic E-state index is 0. The van der Waals surface area contributed by atoms with Gasteiger partial charge in [0, 0.05) is 43.3 Å². The van der Waals surface area contributed by atoms with Gasteiger partial charge in [0.15, 0.2) is 5.96 Å². The number of likely N-dealkylation sites (N-methyl/N-ethyl adjacent to an activating group) is 1. The Hall–Kier alpha value is -1.28. The highest BCUT2D eigenvalue weighted by Crippen LogP contribution is 2.34. The Morgan fingerprint density at radius 1 is 1.28 bits per heavy atom. The van der Waals surface area contributed by atoms with Gasteiger partial charge in [-0.15, -0.1) is 24.0 Å². The van der Waals surface area contributed by atoms with Gasteiger partial charge in [-0.05, 0) is 50.9 Å². The summed E-state index contributed by atoms with van der Waals surface area (Å²) < 4.78 is 0. The average Bonchev–Trinajstić information content (AvgIpc) is 3.33. The summed E-state index contributed by atoms with van der Waals surface area (Å²) in [6, 6.07) is 9.04. The van der Waals surface area contributed by atoms with E-state index < -0.39 is 0 Å². The first-order valence-electron chi connectivity index (χ1n) is 8.85. The summed E-state index contributed by atoms with van der Waals surface area (Å²) in [5.74, 6) is 1.74. The van der Waals surface area contributed by atoms with Gasteiger partial charge in [0.1, 0.15) is 0 Å². The molecule has 1 aromatic heterocycles. The van der Waals surface area contributed by atoms with Gasteiger partial charge in [-0.3, -0.25) is 4.99 Å². The third-order valence-corrected chi connectivity index (χ3v) is 4.89. The van der Waals surface area contributed by atoms with E-state index in [2.05, 4.69) is 70.1 Å². The van der Waals surface area contributed by atoms with Crippen molar-refractivity contribution in [1.82, 2.24) is 20.5 Å². The highest BCUT2D eigenvalue weighted by Gasteiger charge is 2.32. The van der Waals surface area contributed by atoms with Gasteiger partial charge in [-0.1, -0.05) is 18.2 Å². The predicted octanol–water partition coefficient (Wildman–Crippen LogP) is 2.83. The summed E-state index contributed by atoms with van der Waals surface area (Å²) in [5, 5.41) is 8.22. The molecule has 3 rings (SSSR count). The Balaban J connectivity index is 0.00000225. The van der Waals surface area contributed by atoms with Crippen molar-refractivity contribution in [1.29, 1.82) is 0 Å². The van der Waals surface area contributed by atoms with Gasteiger partial charge >= 0.3 is 0 Å². The summed E-state index contributed by atoms with van der Waals surface area (Å²) in [7, 11) is 6.17. The van der Waals surface area contributed by atoms with E-state index in [0.29, 0.717) is 6.04 Å². The molecule has 0 bridgehead atoms. The van der Waals surface area contributed by atoms with E-state index in [4.69, 9.17) is 0 Å². The summed E-state index contributed by atoms with van der Waals surface area (Å²) in [6.07, 6.45) is 5.80. The predicted molar refractivity (Wildman–Crippen MR) is 117 cm³/mol. The molecule has 138 valence electrons. The maximum atomic E-state index is 4.35. The van der Waals surface area contributed by atoms with Crippen molar-refractivity contribution in [3.63, 3.8) is 0 Å². The lowest BCUT2D eigenvalue weighted by atomic mass is 10.1. The van der Waals surface area contributed by atoms with Crippen LogP contribution in [0.5, 0.6) is 0 Å². The zero-order chi connectivity index (χ0) is 16.9. The molecule has 6 heteroatoms. The quantitative estimate of drug-likeness (QED) is 0.342. The normalized spacial score (nSPS) is 15.9. The van der Waals surface area contributed by atoms with Crippen molar-refractivity contribution >= 4 is 40.8 Å². The molecule has 0 saturated heterocycles. The highest BCUT2D eigenvalue weighted by atomic mass is 127. The second-order valence-electron chi connectivity index (χ2n) is 6.86. The fourth-order valence-electron chi connectivity index (χ4n) is 3.33. The molecule has 1 atom stereocenters. The first kappa shape index (κ1) is 20.0. The van der Waals surface area contributed by atoms with Crippen molar-refractivity contribution in [2.24, 2.45) is 10.9 Å². The van der Waals surface area contributed by atoms with Crippen molar-refractivity contribution in [2.45, 2.75) is 25.3 Å². The molecule has 0 amide bonds. The number of nitrogens with zero attached hydrogens (tertiary/aromatic N) is 2. The number of halogens is 1.